The number of piperidine rings is 1. The Morgan fingerprint density at radius 3 is 2.34 bits per heavy atom. The van der Waals surface area contributed by atoms with Crippen LogP contribution in [0.2, 0.25) is 0 Å². The predicted molar refractivity (Wildman–Crippen MR) is 140 cm³/mol. The average molecular weight is 465 g/mol. The van der Waals surface area contributed by atoms with Crippen molar-refractivity contribution in [3.63, 3.8) is 0 Å². The molecule has 2 aliphatic rings. The number of aliphatic imine (C=N–C) groups is 1. The van der Waals surface area contributed by atoms with Gasteiger partial charge in [-0.25, -0.2) is 4.68 Å². The third kappa shape index (κ3) is 4.64. The molecule has 1 saturated heterocycles. The summed E-state index contributed by atoms with van der Waals surface area (Å²) in [6.45, 7) is 3.40. The van der Waals surface area contributed by atoms with Crippen LogP contribution in [-0.2, 0) is 0 Å². The van der Waals surface area contributed by atoms with Gasteiger partial charge in [0.25, 0.3) is 0 Å². The quantitative estimate of drug-likeness (QED) is 0.337. The third-order valence-electron chi connectivity index (χ3n) is 6.50. The molecule has 1 fully saturated rings. The zero-order valence-corrected chi connectivity index (χ0v) is 19.6. The fourth-order valence-corrected chi connectivity index (χ4v) is 4.66. The van der Waals surface area contributed by atoms with E-state index in [2.05, 4.69) is 29.2 Å². The molecule has 4 aromatic rings. The predicted octanol–water partition coefficient (Wildman–Crippen LogP) is 6.05. The minimum absolute atomic E-state index is 0.552. The summed E-state index contributed by atoms with van der Waals surface area (Å²) in [5.74, 6) is 1.52. The molecule has 0 bridgehead atoms. The van der Waals surface area contributed by atoms with Crippen LogP contribution >= 0.6 is 0 Å². The van der Waals surface area contributed by atoms with E-state index >= 15 is 0 Å². The summed E-state index contributed by atoms with van der Waals surface area (Å²) in [4.78, 5) is 7.25. The molecular formula is C29H28N4O2. The van der Waals surface area contributed by atoms with Gasteiger partial charge in [0.2, 0.25) is 0 Å². The van der Waals surface area contributed by atoms with Gasteiger partial charge in [-0.1, -0.05) is 18.2 Å². The standard InChI is InChI=1S/C29H28N4O2/c1-3-7-26(8-4-1)33-21-23(29(31-33)22-9-14-27-28(19-22)35-18-17-34-27)20-30-24-10-12-25(13-11-24)32-15-5-2-6-16-32/h1,3-4,7-14,19-21H,2,5-6,15-18H2. The van der Waals surface area contributed by atoms with Gasteiger partial charge >= 0.3 is 0 Å². The van der Waals surface area contributed by atoms with Crippen molar-refractivity contribution in [2.45, 2.75) is 19.3 Å². The maximum atomic E-state index is 5.81. The van der Waals surface area contributed by atoms with Gasteiger partial charge in [-0.3, -0.25) is 4.99 Å². The molecule has 0 atom stereocenters. The van der Waals surface area contributed by atoms with E-state index in [1.54, 1.807) is 0 Å². The van der Waals surface area contributed by atoms with Gasteiger partial charge in [0.15, 0.2) is 11.5 Å². The van der Waals surface area contributed by atoms with Gasteiger partial charge in [0, 0.05) is 42.3 Å². The summed E-state index contributed by atoms with van der Waals surface area (Å²) in [6.07, 6.45) is 7.80. The summed E-state index contributed by atoms with van der Waals surface area (Å²) in [7, 11) is 0. The maximum Gasteiger partial charge on any atom is 0.162 e. The molecule has 6 heteroatoms. The molecule has 176 valence electrons. The van der Waals surface area contributed by atoms with E-state index in [4.69, 9.17) is 19.6 Å². The highest BCUT2D eigenvalue weighted by Crippen LogP contribution is 2.35. The fraction of sp³-hybridized carbons (Fsp3) is 0.241. The molecule has 6 rings (SSSR count). The van der Waals surface area contributed by atoms with Crippen LogP contribution in [0.3, 0.4) is 0 Å². The van der Waals surface area contributed by atoms with Crippen LogP contribution in [0.15, 0.2) is 84.0 Å². The van der Waals surface area contributed by atoms with E-state index in [1.807, 2.05) is 65.6 Å². The number of hydrogen-bond acceptors (Lipinski definition) is 5. The minimum Gasteiger partial charge on any atom is -0.486 e. The van der Waals surface area contributed by atoms with Gasteiger partial charge in [-0.2, -0.15) is 5.10 Å². The lowest BCUT2D eigenvalue weighted by atomic mass is 10.1. The van der Waals surface area contributed by atoms with Crippen molar-refractivity contribution < 1.29 is 9.47 Å². The van der Waals surface area contributed by atoms with Crippen LogP contribution in [0, 0.1) is 0 Å². The highest BCUT2D eigenvalue weighted by Gasteiger charge is 2.17. The van der Waals surface area contributed by atoms with Gasteiger partial charge in [-0.15, -0.1) is 0 Å². The number of aromatic nitrogens is 2. The first-order chi connectivity index (χ1) is 17.3. The van der Waals surface area contributed by atoms with Crippen LogP contribution in [0.4, 0.5) is 11.4 Å². The van der Waals surface area contributed by atoms with E-state index in [0.717, 1.165) is 52.8 Å². The monoisotopic (exact) mass is 464 g/mol. The Labute approximate surface area is 205 Å². The molecule has 2 aliphatic heterocycles. The van der Waals surface area contributed by atoms with Crippen LogP contribution in [0.5, 0.6) is 11.5 Å². The van der Waals surface area contributed by atoms with Crippen LogP contribution < -0.4 is 14.4 Å². The molecule has 0 amide bonds. The molecule has 0 spiro atoms. The average Bonchev–Trinajstić information content (AvgIpc) is 3.37. The van der Waals surface area contributed by atoms with E-state index in [0.29, 0.717) is 13.2 Å². The molecule has 6 nitrogen and oxygen atoms in total. The Morgan fingerprint density at radius 2 is 1.54 bits per heavy atom. The molecule has 0 radical (unpaired) electrons. The number of nitrogens with zero attached hydrogens (tertiary/aromatic N) is 4. The van der Waals surface area contributed by atoms with Crippen LogP contribution in [-0.4, -0.2) is 42.3 Å². The van der Waals surface area contributed by atoms with E-state index in [-0.39, 0.29) is 0 Å². The molecule has 0 N–H and O–H groups in total. The molecule has 35 heavy (non-hydrogen) atoms. The number of hydrogen-bond donors (Lipinski definition) is 0. The lowest BCUT2D eigenvalue weighted by Gasteiger charge is -2.28. The number of ether oxygens (including phenoxy) is 2. The van der Waals surface area contributed by atoms with Crippen molar-refractivity contribution >= 4 is 17.6 Å². The minimum atomic E-state index is 0.552. The number of para-hydroxylation sites is 1. The molecule has 3 heterocycles. The molecule has 3 aromatic carbocycles. The highest BCUT2D eigenvalue weighted by atomic mass is 16.6. The second kappa shape index (κ2) is 9.66. The number of anilines is 1. The first kappa shape index (κ1) is 21.5. The smallest absolute Gasteiger partial charge is 0.162 e. The highest BCUT2D eigenvalue weighted by molar-refractivity contribution is 5.90. The summed E-state index contributed by atoms with van der Waals surface area (Å²) in [5, 5.41) is 4.91. The largest absolute Gasteiger partial charge is 0.486 e. The Morgan fingerprint density at radius 1 is 0.771 bits per heavy atom. The first-order valence-corrected chi connectivity index (χ1v) is 12.3. The lowest BCUT2D eigenvalue weighted by Crippen LogP contribution is -2.29. The Balaban J connectivity index is 1.32. The van der Waals surface area contributed by atoms with Crippen molar-refractivity contribution in [3.05, 3.63) is 84.6 Å². The summed E-state index contributed by atoms with van der Waals surface area (Å²) in [5.41, 5.74) is 5.94. The van der Waals surface area contributed by atoms with Crippen molar-refractivity contribution in [3.8, 4) is 28.4 Å². The topological polar surface area (TPSA) is 51.9 Å². The van der Waals surface area contributed by atoms with Crippen molar-refractivity contribution in [1.29, 1.82) is 0 Å². The fourth-order valence-electron chi connectivity index (χ4n) is 4.66. The molecular weight excluding hydrogens is 436 g/mol. The third-order valence-corrected chi connectivity index (χ3v) is 6.50. The van der Waals surface area contributed by atoms with Gasteiger partial charge in [0.05, 0.1) is 11.4 Å². The zero-order valence-electron chi connectivity index (χ0n) is 19.6. The second-order valence-corrected chi connectivity index (χ2v) is 8.89. The molecule has 1 aromatic heterocycles. The zero-order chi connectivity index (χ0) is 23.5. The number of benzene rings is 3. The summed E-state index contributed by atoms with van der Waals surface area (Å²) < 4.78 is 13.4. The van der Waals surface area contributed by atoms with E-state index in [1.165, 1.54) is 24.9 Å². The van der Waals surface area contributed by atoms with Crippen LogP contribution in [0.1, 0.15) is 24.8 Å². The normalized spacial score (nSPS) is 15.5. The number of rotatable bonds is 5. The Bertz CT molecular complexity index is 1320. The maximum absolute atomic E-state index is 5.81. The van der Waals surface area contributed by atoms with Gasteiger partial charge in [0.1, 0.15) is 18.9 Å². The summed E-state index contributed by atoms with van der Waals surface area (Å²) in [6, 6.07) is 24.6. The Kier molecular flexibility index (Phi) is 5.93. The lowest BCUT2D eigenvalue weighted by molar-refractivity contribution is 0.171. The van der Waals surface area contributed by atoms with E-state index in [9.17, 15) is 0 Å². The molecule has 0 aliphatic carbocycles. The second-order valence-electron chi connectivity index (χ2n) is 8.89. The van der Waals surface area contributed by atoms with Gasteiger partial charge < -0.3 is 14.4 Å². The van der Waals surface area contributed by atoms with Crippen molar-refractivity contribution in [2.24, 2.45) is 4.99 Å². The molecule has 0 saturated carbocycles. The van der Waals surface area contributed by atoms with Crippen LogP contribution in [0.25, 0.3) is 16.9 Å². The Hall–Kier alpha value is -4.06. The SMILES string of the molecule is C(=Nc1ccc(N2CCCCC2)cc1)c1cn(-c2ccccc2)nc1-c1ccc2c(c1)OCCO2. The number of fused-ring (bicyclic) bond motifs is 1. The van der Waals surface area contributed by atoms with Gasteiger partial charge in [-0.05, 0) is 73.9 Å². The first-order valence-electron chi connectivity index (χ1n) is 12.3. The van der Waals surface area contributed by atoms with Crippen molar-refractivity contribution in [2.75, 3.05) is 31.2 Å². The van der Waals surface area contributed by atoms with Crippen molar-refractivity contribution in [1.82, 2.24) is 9.78 Å². The summed E-state index contributed by atoms with van der Waals surface area (Å²) >= 11 is 0. The molecule has 0 unspecified atom stereocenters. The van der Waals surface area contributed by atoms with E-state index < -0.39 is 0 Å².